The summed E-state index contributed by atoms with van der Waals surface area (Å²) >= 11 is 12.1. The molecule has 23 heavy (non-hydrogen) atoms. The highest BCUT2D eigenvalue weighted by Crippen LogP contribution is 2.25. The lowest BCUT2D eigenvalue weighted by Gasteiger charge is -2.08. The minimum atomic E-state index is -0.468. The summed E-state index contributed by atoms with van der Waals surface area (Å²) in [5.74, 6) is -0.468. The van der Waals surface area contributed by atoms with Crippen molar-refractivity contribution in [2.45, 2.75) is 6.61 Å². The fourth-order valence-electron chi connectivity index (χ4n) is 1.92. The van der Waals surface area contributed by atoms with Crippen LogP contribution in [0.25, 0.3) is 5.69 Å². The van der Waals surface area contributed by atoms with Crippen molar-refractivity contribution in [1.29, 1.82) is 0 Å². The highest BCUT2D eigenvalue weighted by molar-refractivity contribution is 6.35. The number of ether oxygens (including phenoxy) is 1. The van der Waals surface area contributed by atoms with Crippen LogP contribution in [0.3, 0.4) is 0 Å². The molecule has 0 radical (unpaired) electrons. The molecule has 0 aliphatic rings. The Morgan fingerprint density at radius 1 is 1.09 bits per heavy atom. The zero-order valence-corrected chi connectivity index (χ0v) is 13.2. The maximum absolute atomic E-state index is 12.1. The predicted molar refractivity (Wildman–Crippen MR) is 84.7 cm³/mol. The summed E-state index contributed by atoms with van der Waals surface area (Å²) in [6.45, 7) is 0.00604. The Hall–Kier alpha value is -2.44. The molecule has 0 spiro atoms. The third-order valence-corrected chi connectivity index (χ3v) is 3.83. The van der Waals surface area contributed by atoms with Gasteiger partial charge in [0.05, 0.1) is 11.3 Å². The summed E-state index contributed by atoms with van der Waals surface area (Å²) in [5, 5.41) is 11.8. The average Bonchev–Trinajstić information content (AvgIpc) is 3.09. The zero-order valence-electron chi connectivity index (χ0n) is 11.7. The molecule has 116 valence electrons. The van der Waals surface area contributed by atoms with E-state index < -0.39 is 5.97 Å². The van der Waals surface area contributed by atoms with E-state index in [1.165, 1.54) is 11.0 Å². The van der Waals surface area contributed by atoms with Gasteiger partial charge in [-0.3, -0.25) is 0 Å². The van der Waals surface area contributed by atoms with Gasteiger partial charge in [0, 0.05) is 15.6 Å². The summed E-state index contributed by atoms with van der Waals surface area (Å²) in [5.41, 5.74) is 1.72. The Bertz CT molecular complexity index is 800. The van der Waals surface area contributed by atoms with Gasteiger partial charge in [0.2, 0.25) is 0 Å². The Morgan fingerprint density at radius 2 is 1.78 bits per heavy atom. The van der Waals surface area contributed by atoms with Crippen molar-refractivity contribution in [1.82, 2.24) is 20.2 Å². The summed E-state index contributed by atoms with van der Waals surface area (Å²) in [6.07, 6.45) is 1.47. The van der Waals surface area contributed by atoms with E-state index in [-0.39, 0.29) is 6.61 Å². The van der Waals surface area contributed by atoms with Crippen molar-refractivity contribution in [3.63, 3.8) is 0 Å². The largest absolute Gasteiger partial charge is 0.457 e. The van der Waals surface area contributed by atoms with E-state index in [2.05, 4.69) is 15.5 Å². The number of carbonyl (C=O) groups is 1. The fraction of sp³-hybridized carbons (Fsp3) is 0.0667. The van der Waals surface area contributed by atoms with Gasteiger partial charge in [-0.05, 0) is 46.8 Å². The smallest absolute Gasteiger partial charge is 0.338 e. The number of hydrogen-bond donors (Lipinski definition) is 0. The van der Waals surface area contributed by atoms with Crippen LogP contribution in [0.2, 0.25) is 10.0 Å². The van der Waals surface area contributed by atoms with E-state index in [4.69, 9.17) is 27.9 Å². The van der Waals surface area contributed by atoms with Crippen molar-refractivity contribution in [2.24, 2.45) is 0 Å². The lowest BCUT2D eigenvalue weighted by atomic mass is 10.2. The first-order valence-electron chi connectivity index (χ1n) is 6.58. The number of esters is 1. The number of rotatable bonds is 4. The van der Waals surface area contributed by atoms with E-state index in [1.807, 2.05) is 0 Å². The summed E-state index contributed by atoms with van der Waals surface area (Å²) in [7, 11) is 0. The van der Waals surface area contributed by atoms with E-state index in [0.29, 0.717) is 21.2 Å². The highest BCUT2D eigenvalue weighted by Gasteiger charge is 2.11. The van der Waals surface area contributed by atoms with Crippen molar-refractivity contribution >= 4 is 29.2 Å². The molecule has 0 fully saturated rings. The second kappa shape index (κ2) is 6.76. The summed E-state index contributed by atoms with van der Waals surface area (Å²) in [4.78, 5) is 12.1. The number of carbonyl (C=O) groups excluding carboxylic acids is 1. The minimum absolute atomic E-state index is 0.00604. The van der Waals surface area contributed by atoms with Crippen LogP contribution in [-0.2, 0) is 11.3 Å². The average molecular weight is 349 g/mol. The molecule has 0 N–H and O–H groups in total. The third-order valence-electron chi connectivity index (χ3n) is 3.13. The van der Waals surface area contributed by atoms with Crippen LogP contribution in [0.5, 0.6) is 0 Å². The molecule has 0 saturated carbocycles. The van der Waals surface area contributed by atoms with Gasteiger partial charge in [0.1, 0.15) is 12.9 Å². The Morgan fingerprint density at radius 3 is 2.39 bits per heavy atom. The van der Waals surface area contributed by atoms with E-state index in [1.54, 1.807) is 42.5 Å². The summed E-state index contributed by atoms with van der Waals surface area (Å²) in [6, 6.07) is 11.8. The zero-order chi connectivity index (χ0) is 16.2. The first kappa shape index (κ1) is 15.5. The van der Waals surface area contributed by atoms with E-state index in [0.717, 1.165) is 5.69 Å². The molecule has 0 bridgehead atoms. The van der Waals surface area contributed by atoms with Gasteiger partial charge >= 0.3 is 5.97 Å². The number of tetrazole rings is 1. The van der Waals surface area contributed by atoms with Crippen LogP contribution in [0.1, 0.15) is 15.9 Å². The number of benzene rings is 2. The number of halogens is 2. The first-order valence-corrected chi connectivity index (χ1v) is 7.34. The molecule has 3 aromatic rings. The van der Waals surface area contributed by atoms with Crippen LogP contribution in [-0.4, -0.2) is 26.2 Å². The van der Waals surface area contributed by atoms with Crippen molar-refractivity contribution in [3.05, 3.63) is 70.0 Å². The van der Waals surface area contributed by atoms with Crippen LogP contribution in [0.4, 0.5) is 0 Å². The van der Waals surface area contributed by atoms with Gasteiger partial charge in [0.25, 0.3) is 0 Å². The predicted octanol–water partition coefficient (Wildman–Crippen LogP) is 3.33. The molecular weight excluding hydrogens is 339 g/mol. The van der Waals surface area contributed by atoms with Gasteiger partial charge in [-0.1, -0.05) is 29.3 Å². The van der Waals surface area contributed by atoms with Crippen molar-refractivity contribution in [3.8, 4) is 5.69 Å². The van der Waals surface area contributed by atoms with Gasteiger partial charge in [-0.25, -0.2) is 9.48 Å². The van der Waals surface area contributed by atoms with Crippen molar-refractivity contribution < 1.29 is 9.53 Å². The monoisotopic (exact) mass is 348 g/mol. The number of hydrogen-bond acceptors (Lipinski definition) is 5. The normalized spacial score (nSPS) is 10.5. The van der Waals surface area contributed by atoms with E-state index >= 15 is 0 Å². The molecule has 1 aromatic heterocycles. The molecular formula is C15H10Cl2N4O2. The lowest BCUT2D eigenvalue weighted by Crippen LogP contribution is -2.06. The van der Waals surface area contributed by atoms with Gasteiger partial charge in [-0.2, -0.15) is 0 Å². The van der Waals surface area contributed by atoms with Gasteiger partial charge < -0.3 is 4.74 Å². The van der Waals surface area contributed by atoms with Crippen LogP contribution in [0.15, 0.2) is 48.8 Å². The molecule has 0 amide bonds. The second-order valence-corrected chi connectivity index (χ2v) is 5.39. The molecule has 2 aromatic carbocycles. The maximum Gasteiger partial charge on any atom is 0.338 e. The molecule has 6 nitrogen and oxygen atoms in total. The first-order chi connectivity index (χ1) is 11.1. The Kier molecular flexibility index (Phi) is 4.55. The number of aromatic nitrogens is 4. The molecule has 8 heteroatoms. The number of nitrogens with zero attached hydrogens (tertiary/aromatic N) is 4. The summed E-state index contributed by atoms with van der Waals surface area (Å²) < 4.78 is 6.74. The maximum atomic E-state index is 12.1. The van der Waals surface area contributed by atoms with Crippen molar-refractivity contribution in [2.75, 3.05) is 0 Å². The van der Waals surface area contributed by atoms with Crippen LogP contribution in [0, 0.1) is 0 Å². The molecule has 3 rings (SSSR count). The lowest BCUT2D eigenvalue weighted by molar-refractivity contribution is 0.0473. The molecule has 1 heterocycles. The molecule has 0 aliphatic carbocycles. The van der Waals surface area contributed by atoms with Crippen LogP contribution < -0.4 is 0 Å². The van der Waals surface area contributed by atoms with Gasteiger partial charge in [-0.15, -0.1) is 5.10 Å². The van der Waals surface area contributed by atoms with E-state index in [9.17, 15) is 4.79 Å². The standard InChI is InChI=1S/C15H10Cl2N4O2/c16-13-2-1-3-14(17)12(13)8-23-15(22)10-4-6-11(7-5-10)21-9-18-19-20-21/h1-7,9H,8H2. The molecule has 0 aliphatic heterocycles. The highest BCUT2D eigenvalue weighted by atomic mass is 35.5. The van der Waals surface area contributed by atoms with Gasteiger partial charge in [0.15, 0.2) is 0 Å². The Balaban J connectivity index is 1.69. The molecule has 0 atom stereocenters. The quantitative estimate of drug-likeness (QED) is 0.676. The minimum Gasteiger partial charge on any atom is -0.457 e. The third kappa shape index (κ3) is 3.49. The Labute approximate surface area is 141 Å². The SMILES string of the molecule is O=C(OCc1c(Cl)cccc1Cl)c1ccc(-n2cnnn2)cc1. The second-order valence-electron chi connectivity index (χ2n) is 4.58. The topological polar surface area (TPSA) is 69.9 Å². The fourth-order valence-corrected chi connectivity index (χ4v) is 2.43. The molecule has 0 unspecified atom stereocenters. The molecule has 0 saturated heterocycles. The van der Waals surface area contributed by atoms with Crippen LogP contribution >= 0.6 is 23.2 Å².